The molecular formula is C23H40O3. The summed E-state index contributed by atoms with van der Waals surface area (Å²) in [5, 5.41) is 17.9. The minimum atomic E-state index is -0.389. The maximum Gasteiger partial charge on any atom is 0.104 e. The summed E-state index contributed by atoms with van der Waals surface area (Å²) in [5.74, 6) is 5.14. The van der Waals surface area contributed by atoms with Gasteiger partial charge in [-0.25, -0.2) is 0 Å². The van der Waals surface area contributed by atoms with Gasteiger partial charge < -0.3 is 14.9 Å². The summed E-state index contributed by atoms with van der Waals surface area (Å²) in [5.41, 5.74) is 0. The molecule has 2 saturated carbocycles. The molecule has 0 radical (unpaired) electrons. The van der Waals surface area contributed by atoms with E-state index in [0.717, 1.165) is 36.0 Å². The van der Waals surface area contributed by atoms with Crippen molar-refractivity contribution < 1.29 is 14.9 Å². The zero-order chi connectivity index (χ0) is 18.2. The lowest BCUT2D eigenvalue weighted by Gasteiger charge is -2.57. The number of unbranched alkanes of at least 4 members (excludes halogenated alkanes) is 5. The summed E-state index contributed by atoms with van der Waals surface area (Å²) in [6.45, 7) is 0.487. The van der Waals surface area contributed by atoms with Gasteiger partial charge in [-0.05, 0) is 61.7 Å². The van der Waals surface area contributed by atoms with Crippen molar-refractivity contribution in [2.24, 2.45) is 29.6 Å². The number of aliphatic hydroxyl groups is 2. The third kappa shape index (κ3) is 5.33. The summed E-state index contributed by atoms with van der Waals surface area (Å²) >= 11 is 0. The SMILES string of the molecule is OCC(CO)OCCCCCCCCC1CCC2C3CCC=CC3C2C1. The first kappa shape index (κ1) is 20.4. The average molecular weight is 365 g/mol. The molecule has 3 aliphatic rings. The molecule has 150 valence electrons. The van der Waals surface area contributed by atoms with Crippen LogP contribution in [0.3, 0.4) is 0 Å². The number of allylic oxidation sites excluding steroid dienone is 2. The molecule has 3 nitrogen and oxygen atoms in total. The molecule has 0 aromatic carbocycles. The van der Waals surface area contributed by atoms with Crippen LogP contribution in [-0.2, 0) is 4.74 Å². The molecular weight excluding hydrogens is 324 g/mol. The van der Waals surface area contributed by atoms with E-state index < -0.39 is 0 Å². The second-order valence-electron chi connectivity index (χ2n) is 9.02. The Morgan fingerprint density at radius 1 is 0.846 bits per heavy atom. The number of hydrogen-bond donors (Lipinski definition) is 2. The highest BCUT2D eigenvalue weighted by molar-refractivity contribution is 5.11. The number of rotatable bonds is 12. The monoisotopic (exact) mass is 364 g/mol. The lowest BCUT2D eigenvalue weighted by atomic mass is 9.48. The van der Waals surface area contributed by atoms with E-state index >= 15 is 0 Å². The van der Waals surface area contributed by atoms with Crippen molar-refractivity contribution in [3.05, 3.63) is 12.2 Å². The van der Waals surface area contributed by atoms with E-state index in [4.69, 9.17) is 14.9 Å². The van der Waals surface area contributed by atoms with Crippen LogP contribution in [-0.4, -0.2) is 36.1 Å². The second-order valence-corrected chi connectivity index (χ2v) is 9.02. The molecule has 0 spiro atoms. The van der Waals surface area contributed by atoms with Crippen LogP contribution >= 0.6 is 0 Å². The molecule has 0 aromatic rings. The first-order valence-electron chi connectivity index (χ1n) is 11.3. The van der Waals surface area contributed by atoms with Crippen LogP contribution in [0, 0.1) is 29.6 Å². The quantitative estimate of drug-likeness (QED) is 0.389. The van der Waals surface area contributed by atoms with Crippen LogP contribution in [0.4, 0.5) is 0 Å². The van der Waals surface area contributed by atoms with Gasteiger partial charge >= 0.3 is 0 Å². The lowest BCUT2D eigenvalue weighted by Crippen LogP contribution is -2.49. The highest BCUT2D eigenvalue weighted by Crippen LogP contribution is 2.58. The zero-order valence-corrected chi connectivity index (χ0v) is 16.5. The molecule has 2 N–H and O–H groups in total. The van der Waals surface area contributed by atoms with Gasteiger partial charge in [0, 0.05) is 6.61 Å². The van der Waals surface area contributed by atoms with Crippen molar-refractivity contribution in [2.75, 3.05) is 19.8 Å². The molecule has 3 rings (SSSR count). The third-order valence-electron chi connectivity index (χ3n) is 7.39. The predicted octanol–water partition coefficient (Wildman–Crippen LogP) is 4.72. The highest BCUT2D eigenvalue weighted by Gasteiger charge is 2.50. The molecule has 0 heterocycles. The van der Waals surface area contributed by atoms with Crippen molar-refractivity contribution in [2.45, 2.75) is 83.2 Å². The van der Waals surface area contributed by atoms with E-state index in [0.29, 0.717) is 6.61 Å². The Morgan fingerprint density at radius 2 is 1.62 bits per heavy atom. The van der Waals surface area contributed by atoms with Gasteiger partial charge in [0.05, 0.1) is 13.2 Å². The molecule has 0 amide bonds. The maximum absolute atomic E-state index is 8.94. The lowest BCUT2D eigenvalue weighted by molar-refractivity contribution is -0.0522. The van der Waals surface area contributed by atoms with E-state index in [2.05, 4.69) is 12.2 Å². The average Bonchev–Trinajstić information content (AvgIpc) is 2.68. The topological polar surface area (TPSA) is 49.7 Å². The van der Waals surface area contributed by atoms with Gasteiger partial charge in [-0.3, -0.25) is 0 Å². The standard InChI is InChI=1S/C23H40O3/c24-16-19(17-25)26-14-8-4-2-1-3-5-9-18-12-13-22-20-10-6-7-11-21(20)23(22)15-18/h7,11,18-25H,1-6,8-10,12-17H2. The van der Waals surface area contributed by atoms with E-state index in [1.54, 1.807) is 0 Å². The van der Waals surface area contributed by atoms with Crippen LogP contribution in [0.5, 0.6) is 0 Å². The van der Waals surface area contributed by atoms with Crippen molar-refractivity contribution >= 4 is 0 Å². The van der Waals surface area contributed by atoms with Gasteiger partial charge in [0.15, 0.2) is 0 Å². The maximum atomic E-state index is 8.94. The van der Waals surface area contributed by atoms with E-state index in [-0.39, 0.29) is 19.3 Å². The summed E-state index contributed by atoms with van der Waals surface area (Å²) in [4.78, 5) is 0. The van der Waals surface area contributed by atoms with E-state index in [1.165, 1.54) is 70.6 Å². The van der Waals surface area contributed by atoms with Crippen molar-refractivity contribution in [1.29, 1.82) is 0 Å². The second kappa shape index (κ2) is 10.8. The Labute approximate surface area is 160 Å². The Hall–Kier alpha value is -0.380. The number of hydrogen-bond acceptors (Lipinski definition) is 3. The minimum absolute atomic E-state index is 0.0863. The van der Waals surface area contributed by atoms with Gasteiger partial charge in [-0.15, -0.1) is 0 Å². The fourth-order valence-corrected chi connectivity index (χ4v) is 5.90. The summed E-state index contributed by atoms with van der Waals surface area (Å²) in [6.07, 6.45) is 21.1. The van der Waals surface area contributed by atoms with Crippen molar-refractivity contribution in [1.82, 2.24) is 0 Å². The van der Waals surface area contributed by atoms with Crippen LogP contribution in [0.25, 0.3) is 0 Å². The fraction of sp³-hybridized carbons (Fsp3) is 0.913. The molecule has 3 heteroatoms. The van der Waals surface area contributed by atoms with Crippen LogP contribution in [0.15, 0.2) is 12.2 Å². The first-order valence-corrected chi connectivity index (χ1v) is 11.3. The number of ether oxygens (including phenoxy) is 1. The van der Waals surface area contributed by atoms with Gasteiger partial charge in [0.2, 0.25) is 0 Å². The molecule has 0 aromatic heterocycles. The van der Waals surface area contributed by atoms with Crippen molar-refractivity contribution in [3.8, 4) is 0 Å². The number of fused-ring (bicyclic) bond motifs is 4. The van der Waals surface area contributed by atoms with Gasteiger partial charge in [0.1, 0.15) is 6.10 Å². The summed E-state index contributed by atoms with van der Waals surface area (Å²) < 4.78 is 5.40. The zero-order valence-electron chi connectivity index (χ0n) is 16.5. The fourth-order valence-electron chi connectivity index (χ4n) is 5.90. The smallest absolute Gasteiger partial charge is 0.104 e. The molecule has 0 saturated heterocycles. The van der Waals surface area contributed by atoms with Crippen LogP contribution in [0.2, 0.25) is 0 Å². The third-order valence-corrected chi connectivity index (χ3v) is 7.39. The molecule has 5 atom stereocenters. The Morgan fingerprint density at radius 3 is 2.42 bits per heavy atom. The Kier molecular flexibility index (Phi) is 8.48. The Bertz CT molecular complexity index is 418. The van der Waals surface area contributed by atoms with E-state index in [9.17, 15) is 0 Å². The Balaban J connectivity index is 1.17. The predicted molar refractivity (Wildman–Crippen MR) is 106 cm³/mol. The molecule has 26 heavy (non-hydrogen) atoms. The number of aliphatic hydroxyl groups excluding tert-OH is 2. The van der Waals surface area contributed by atoms with Crippen LogP contribution in [0.1, 0.15) is 77.0 Å². The minimum Gasteiger partial charge on any atom is -0.394 e. The summed E-state index contributed by atoms with van der Waals surface area (Å²) in [6, 6.07) is 0. The first-order chi connectivity index (χ1) is 12.8. The van der Waals surface area contributed by atoms with E-state index in [1.807, 2.05) is 0 Å². The summed E-state index contributed by atoms with van der Waals surface area (Å²) in [7, 11) is 0. The van der Waals surface area contributed by atoms with Gasteiger partial charge in [-0.2, -0.15) is 0 Å². The normalized spacial score (nSPS) is 33.0. The molecule has 5 unspecified atom stereocenters. The van der Waals surface area contributed by atoms with Gasteiger partial charge in [-0.1, -0.05) is 57.1 Å². The van der Waals surface area contributed by atoms with Crippen LogP contribution < -0.4 is 0 Å². The van der Waals surface area contributed by atoms with Gasteiger partial charge in [0.25, 0.3) is 0 Å². The highest BCUT2D eigenvalue weighted by atomic mass is 16.5. The molecule has 0 aliphatic heterocycles. The van der Waals surface area contributed by atoms with Crippen molar-refractivity contribution in [3.63, 3.8) is 0 Å². The largest absolute Gasteiger partial charge is 0.394 e. The molecule has 0 bridgehead atoms. The molecule has 3 aliphatic carbocycles. The molecule has 2 fully saturated rings.